The first kappa shape index (κ1) is 16.9. The molecule has 3 nitrogen and oxygen atoms in total. The van der Waals surface area contributed by atoms with E-state index in [0.717, 1.165) is 5.56 Å². The van der Waals surface area contributed by atoms with Crippen molar-refractivity contribution >= 4 is 0 Å². The van der Waals surface area contributed by atoms with Gasteiger partial charge in [0.15, 0.2) is 11.6 Å². The highest BCUT2D eigenvalue weighted by Gasteiger charge is 2.12. The van der Waals surface area contributed by atoms with Crippen LogP contribution in [0.15, 0.2) is 18.2 Å². The minimum absolute atomic E-state index is 0.208. The van der Waals surface area contributed by atoms with Gasteiger partial charge in [-0.2, -0.15) is 0 Å². The molecule has 0 heterocycles. The molecular formula is C16H26FNO2. The number of halogens is 1. The molecule has 0 radical (unpaired) electrons. The van der Waals surface area contributed by atoms with Crippen LogP contribution in [0, 0.1) is 5.82 Å². The zero-order chi connectivity index (χ0) is 15.2. The van der Waals surface area contributed by atoms with Gasteiger partial charge >= 0.3 is 0 Å². The molecule has 0 aliphatic rings. The van der Waals surface area contributed by atoms with E-state index in [-0.39, 0.29) is 11.4 Å². The number of nitrogens with one attached hydrogen (secondary N) is 1. The Kier molecular flexibility index (Phi) is 6.43. The molecule has 0 unspecified atom stereocenters. The molecule has 0 amide bonds. The Morgan fingerprint density at radius 1 is 1.20 bits per heavy atom. The number of benzene rings is 1. The van der Waals surface area contributed by atoms with E-state index in [4.69, 9.17) is 9.47 Å². The zero-order valence-corrected chi connectivity index (χ0v) is 13.1. The summed E-state index contributed by atoms with van der Waals surface area (Å²) >= 11 is 0. The van der Waals surface area contributed by atoms with E-state index in [9.17, 15) is 4.39 Å². The first-order valence-electron chi connectivity index (χ1n) is 7.07. The van der Waals surface area contributed by atoms with Crippen LogP contribution in [0.25, 0.3) is 0 Å². The Balaban J connectivity index is 2.58. The summed E-state index contributed by atoms with van der Waals surface area (Å²) in [6.45, 7) is 11.4. The van der Waals surface area contributed by atoms with E-state index < -0.39 is 0 Å². The van der Waals surface area contributed by atoms with Crippen molar-refractivity contribution in [3.63, 3.8) is 0 Å². The topological polar surface area (TPSA) is 30.5 Å². The van der Waals surface area contributed by atoms with E-state index in [1.54, 1.807) is 6.07 Å². The van der Waals surface area contributed by atoms with Crippen LogP contribution in [-0.2, 0) is 11.3 Å². The van der Waals surface area contributed by atoms with Gasteiger partial charge < -0.3 is 14.8 Å². The minimum Gasteiger partial charge on any atom is -0.488 e. The molecule has 0 aliphatic carbocycles. The normalized spacial score (nSPS) is 11.9. The molecule has 114 valence electrons. The first-order chi connectivity index (χ1) is 9.29. The Hall–Kier alpha value is -1.13. The van der Waals surface area contributed by atoms with Crippen LogP contribution in [-0.4, -0.2) is 24.9 Å². The average molecular weight is 283 g/mol. The van der Waals surface area contributed by atoms with E-state index in [0.29, 0.717) is 31.5 Å². The summed E-state index contributed by atoms with van der Waals surface area (Å²) in [5.41, 5.74) is 0.620. The van der Waals surface area contributed by atoms with E-state index in [2.05, 4.69) is 19.2 Å². The summed E-state index contributed by atoms with van der Waals surface area (Å²) < 4.78 is 25.0. The van der Waals surface area contributed by atoms with Crippen LogP contribution >= 0.6 is 0 Å². The maximum atomic E-state index is 13.8. The standard InChI is InChI=1S/C16H26FNO2/c1-12(2)18-11-13-7-6-8-14(17)15(13)19-9-10-20-16(3,4)5/h6-8,12,18H,9-11H2,1-5H3. The molecular weight excluding hydrogens is 257 g/mol. The van der Waals surface area contributed by atoms with Gasteiger partial charge in [0.05, 0.1) is 12.2 Å². The Labute approximate surface area is 121 Å². The molecule has 4 heteroatoms. The van der Waals surface area contributed by atoms with Gasteiger partial charge in [0, 0.05) is 18.2 Å². The zero-order valence-electron chi connectivity index (χ0n) is 13.1. The molecule has 0 saturated carbocycles. The van der Waals surface area contributed by atoms with Gasteiger partial charge in [-0.3, -0.25) is 0 Å². The van der Waals surface area contributed by atoms with Gasteiger partial charge in [0.25, 0.3) is 0 Å². The van der Waals surface area contributed by atoms with Crippen LogP contribution in [0.1, 0.15) is 40.2 Å². The molecule has 0 fully saturated rings. The number of para-hydroxylation sites is 1. The van der Waals surface area contributed by atoms with Crippen LogP contribution in [0.2, 0.25) is 0 Å². The minimum atomic E-state index is -0.330. The van der Waals surface area contributed by atoms with E-state index >= 15 is 0 Å². The molecule has 20 heavy (non-hydrogen) atoms. The molecule has 1 N–H and O–H groups in total. The number of hydrogen-bond donors (Lipinski definition) is 1. The smallest absolute Gasteiger partial charge is 0.165 e. The molecule has 1 aromatic rings. The fourth-order valence-electron chi connectivity index (χ4n) is 1.66. The predicted octanol–water partition coefficient (Wildman–Crippen LogP) is 3.52. The fraction of sp³-hybridized carbons (Fsp3) is 0.625. The molecule has 0 aliphatic heterocycles. The largest absolute Gasteiger partial charge is 0.488 e. The molecule has 1 aromatic carbocycles. The van der Waals surface area contributed by atoms with Crippen molar-refractivity contribution in [3.05, 3.63) is 29.6 Å². The first-order valence-corrected chi connectivity index (χ1v) is 7.07. The van der Waals surface area contributed by atoms with Gasteiger partial charge in [-0.05, 0) is 26.8 Å². The highest BCUT2D eigenvalue weighted by atomic mass is 19.1. The average Bonchev–Trinajstić information content (AvgIpc) is 2.32. The Morgan fingerprint density at radius 3 is 2.50 bits per heavy atom. The SMILES string of the molecule is CC(C)NCc1cccc(F)c1OCCOC(C)(C)C. The van der Waals surface area contributed by atoms with Gasteiger partial charge in [-0.1, -0.05) is 26.0 Å². The van der Waals surface area contributed by atoms with Crippen molar-refractivity contribution in [3.8, 4) is 5.75 Å². The van der Waals surface area contributed by atoms with Gasteiger partial charge in [-0.25, -0.2) is 4.39 Å². The van der Waals surface area contributed by atoms with Gasteiger partial charge in [0.1, 0.15) is 6.61 Å². The summed E-state index contributed by atoms with van der Waals surface area (Å²) in [5, 5.41) is 3.27. The highest BCUT2D eigenvalue weighted by Crippen LogP contribution is 2.22. The monoisotopic (exact) mass is 283 g/mol. The van der Waals surface area contributed by atoms with Gasteiger partial charge in [0.2, 0.25) is 0 Å². The fourth-order valence-corrected chi connectivity index (χ4v) is 1.66. The molecule has 0 saturated heterocycles. The summed E-state index contributed by atoms with van der Waals surface area (Å²) in [6.07, 6.45) is 0. The van der Waals surface area contributed by atoms with Crippen molar-refractivity contribution < 1.29 is 13.9 Å². The maximum absolute atomic E-state index is 13.8. The summed E-state index contributed by atoms with van der Waals surface area (Å²) in [7, 11) is 0. The lowest BCUT2D eigenvalue weighted by atomic mass is 10.2. The molecule has 1 rings (SSSR count). The van der Waals surface area contributed by atoms with E-state index in [1.807, 2.05) is 26.8 Å². The highest BCUT2D eigenvalue weighted by molar-refractivity contribution is 5.34. The van der Waals surface area contributed by atoms with Crippen molar-refractivity contribution in [1.29, 1.82) is 0 Å². The van der Waals surface area contributed by atoms with Crippen molar-refractivity contribution in [1.82, 2.24) is 5.32 Å². The third kappa shape index (κ3) is 6.35. The van der Waals surface area contributed by atoms with Crippen LogP contribution in [0.5, 0.6) is 5.75 Å². The third-order valence-corrected chi connectivity index (χ3v) is 2.61. The second kappa shape index (κ2) is 7.60. The third-order valence-electron chi connectivity index (χ3n) is 2.61. The van der Waals surface area contributed by atoms with Crippen molar-refractivity contribution in [2.24, 2.45) is 0 Å². The number of hydrogen-bond acceptors (Lipinski definition) is 3. The lowest BCUT2D eigenvalue weighted by molar-refractivity contribution is -0.0167. The quantitative estimate of drug-likeness (QED) is 0.777. The van der Waals surface area contributed by atoms with Gasteiger partial charge in [-0.15, -0.1) is 0 Å². The summed E-state index contributed by atoms with van der Waals surface area (Å²) in [5.74, 6) is -0.0121. The predicted molar refractivity (Wildman–Crippen MR) is 79.6 cm³/mol. The summed E-state index contributed by atoms with van der Waals surface area (Å²) in [4.78, 5) is 0. The second-order valence-electron chi connectivity index (χ2n) is 6.07. The van der Waals surface area contributed by atoms with Crippen LogP contribution in [0.4, 0.5) is 4.39 Å². The molecule has 0 spiro atoms. The second-order valence-corrected chi connectivity index (χ2v) is 6.07. The number of ether oxygens (including phenoxy) is 2. The summed E-state index contributed by atoms with van der Waals surface area (Å²) in [6, 6.07) is 5.33. The van der Waals surface area contributed by atoms with Crippen molar-refractivity contribution in [2.75, 3.05) is 13.2 Å². The van der Waals surface area contributed by atoms with E-state index in [1.165, 1.54) is 6.07 Å². The maximum Gasteiger partial charge on any atom is 0.165 e. The molecule has 0 aromatic heterocycles. The van der Waals surface area contributed by atoms with Crippen LogP contribution in [0.3, 0.4) is 0 Å². The Bertz CT molecular complexity index is 413. The molecule has 0 bridgehead atoms. The Morgan fingerprint density at radius 2 is 1.90 bits per heavy atom. The lowest BCUT2D eigenvalue weighted by Crippen LogP contribution is -2.24. The molecule has 0 atom stereocenters. The number of rotatable bonds is 7. The van der Waals surface area contributed by atoms with Crippen molar-refractivity contribution in [2.45, 2.75) is 52.8 Å². The lowest BCUT2D eigenvalue weighted by Gasteiger charge is -2.20. The van der Waals surface area contributed by atoms with Crippen LogP contribution < -0.4 is 10.1 Å².